The molecule has 0 amide bonds. The Labute approximate surface area is 100.0 Å². The number of hydrogen-bond donors (Lipinski definition) is 1. The van der Waals surface area contributed by atoms with Gasteiger partial charge in [0.1, 0.15) is 5.75 Å². The van der Waals surface area contributed by atoms with Crippen molar-refractivity contribution in [1.29, 1.82) is 0 Å². The number of benzene rings is 1. The molecule has 1 N–H and O–H groups in total. The van der Waals surface area contributed by atoms with Crippen LogP contribution < -0.4 is 4.74 Å². The summed E-state index contributed by atoms with van der Waals surface area (Å²) in [7, 11) is -1.98. The van der Waals surface area contributed by atoms with Gasteiger partial charge >= 0.3 is 5.97 Å². The zero-order chi connectivity index (χ0) is 12.9. The van der Waals surface area contributed by atoms with Gasteiger partial charge < -0.3 is 9.84 Å². The van der Waals surface area contributed by atoms with E-state index >= 15 is 0 Å². The van der Waals surface area contributed by atoms with E-state index in [0.717, 1.165) is 0 Å². The van der Waals surface area contributed by atoms with Gasteiger partial charge in [0, 0.05) is 6.42 Å². The van der Waals surface area contributed by atoms with Gasteiger partial charge in [0.15, 0.2) is 9.84 Å². The average molecular weight is 258 g/mol. The van der Waals surface area contributed by atoms with Gasteiger partial charge in [0.05, 0.1) is 17.8 Å². The number of carbonyl (C=O) groups is 1. The van der Waals surface area contributed by atoms with Crippen molar-refractivity contribution < 1.29 is 23.1 Å². The van der Waals surface area contributed by atoms with Crippen molar-refractivity contribution in [2.24, 2.45) is 0 Å². The highest BCUT2D eigenvalue weighted by Crippen LogP contribution is 2.18. The summed E-state index contributed by atoms with van der Waals surface area (Å²) in [5.74, 6) is -0.706. The van der Waals surface area contributed by atoms with Crippen molar-refractivity contribution in [3.05, 3.63) is 24.3 Å². The van der Waals surface area contributed by atoms with E-state index in [9.17, 15) is 13.2 Å². The molecule has 0 radical (unpaired) electrons. The van der Waals surface area contributed by atoms with Crippen molar-refractivity contribution in [2.45, 2.75) is 17.7 Å². The predicted octanol–water partition coefficient (Wildman–Crippen LogP) is 1.33. The Kier molecular flexibility index (Phi) is 4.51. The Bertz CT molecular complexity index is 492. The van der Waals surface area contributed by atoms with E-state index in [1.807, 2.05) is 0 Å². The van der Waals surface area contributed by atoms with Gasteiger partial charge in [0.2, 0.25) is 0 Å². The van der Waals surface area contributed by atoms with Crippen molar-refractivity contribution >= 4 is 15.8 Å². The first-order chi connectivity index (χ1) is 7.95. The molecule has 1 rings (SSSR count). The highest BCUT2D eigenvalue weighted by Gasteiger charge is 2.15. The minimum absolute atomic E-state index is 0.106. The largest absolute Gasteiger partial charge is 0.497 e. The molecule has 0 aliphatic heterocycles. The summed E-state index contributed by atoms with van der Waals surface area (Å²) in [6, 6.07) is 6.13. The van der Waals surface area contributed by atoms with Crippen LogP contribution in [0.2, 0.25) is 0 Å². The standard InChI is InChI=1S/C11H14O5S/c1-16-9-4-2-5-10(8-9)17(14,15)7-3-6-11(12)13/h2,4-5,8H,3,6-7H2,1H3,(H,12,13). The van der Waals surface area contributed by atoms with Gasteiger partial charge in [-0.1, -0.05) is 6.07 Å². The molecular formula is C11H14O5S. The summed E-state index contributed by atoms with van der Waals surface area (Å²) in [6.45, 7) is 0. The van der Waals surface area contributed by atoms with Crippen LogP contribution in [0.5, 0.6) is 5.75 Å². The number of hydrogen-bond acceptors (Lipinski definition) is 4. The molecule has 0 unspecified atom stereocenters. The van der Waals surface area contributed by atoms with Gasteiger partial charge in [-0.25, -0.2) is 8.42 Å². The predicted molar refractivity (Wildman–Crippen MR) is 61.9 cm³/mol. The fraction of sp³-hybridized carbons (Fsp3) is 0.364. The normalized spacial score (nSPS) is 11.1. The first-order valence-corrected chi connectivity index (χ1v) is 6.69. The molecule has 0 aromatic heterocycles. The second-order valence-electron chi connectivity index (χ2n) is 3.50. The third-order valence-corrected chi connectivity index (χ3v) is 4.00. The maximum atomic E-state index is 11.8. The molecule has 0 fully saturated rings. The van der Waals surface area contributed by atoms with E-state index in [-0.39, 0.29) is 23.5 Å². The smallest absolute Gasteiger partial charge is 0.303 e. The first kappa shape index (κ1) is 13.5. The lowest BCUT2D eigenvalue weighted by Gasteiger charge is -2.05. The molecule has 6 heteroatoms. The van der Waals surface area contributed by atoms with Gasteiger partial charge in [-0.15, -0.1) is 0 Å². The Balaban J connectivity index is 2.78. The SMILES string of the molecule is COc1cccc(S(=O)(=O)CCCC(=O)O)c1. The van der Waals surface area contributed by atoms with Crippen LogP contribution in [0.1, 0.15) is 12.8 Å². The van der Waals surface area contributed by atoms with Crippen LogP contribution in [0.3, 0.4) is 0 Å². The summed E-state index contributed by atoms with van der Waals surface area (Å²) in [4.78, 5) is 10.5. The van der Waals surface area contributed by atoms with Crippen molar-refractivity contribution in [3.63, 3.8) is 0 Å². The second kappa shape index (κ2) is 5.67. The number of carboxylic acid groups (broad SMARTS) is 1. The molecule has 0 atom stereocenters. The fourth-order valence-corrected chi connectivity index (χ4v) is 2.67. The molecule has 17 heavy (non-hydrogen) atoms. The van der Waals surface area contributed by atoms with Crippen molar-refractivity contribution in [2.75, 3.05) is 12.9 Å². The lowest BCUT2D eigenvalue weighted by molar-refractivity contribution is -0.137. The van der Waals surface area contributed by atoms with E-state index < -0.39 is 15.8 Å². The molecule has 0 saturated carbocycles. The number of rotatable bonds is 6. The molecule has 1 aromatic carbocycles. The number of sulfone groups is 1. The molecule has 0 spiro atoms. The zero-order valence-corrected chi connectivity index (χ0v) is 10.2. The Morgan fingerprint density at radius 3 is 2.71 bits per heavy atom. The summed E-state index contributed by atoms with van der Waals surface area (Å²) < 4.78 is 28.6. The Morgan fingerprint density at radius 1 is 1.41 bits per heavy atom. The molecule has 94 valence electrons. The van der Waals surface area contributed by atoms with Crippen LogP contribution in [0, 0.1) is 0 Å². The molecule has 0 aliphatic carbocycles. The van der Waals surface area contributed by atoms with Crippen LogP contribution in [0.15, 0.2) is 29.2 Å². The van der Waals surface area contributed by atoms with Crippen LogP contribution in [-0.2, 0) is 14.6 Å². The van der Waals surface area contributed by atoms with Crippen LogP contribution in [-0.4, -0.2) is 32.4 Å². The topological polar surface area (TPSA) is 80.7 Å². The molecule has 0 bridgehead atoms. The molecule has 1 aromatic rings. The lowest BCUT2D eigenvalue weighted by atomic mass is 10.3. The van der Waals surface area contributed by atoms with E-state index in [0.29, 0.717) is 5.75 Å². The molecule has 0 aliphatic rings. The summed E-state index contributed by atoms with van der Waals surface area (Å²) in [5.41, 5.74) is 0. The van der Waals surface area contributed by atoms with Crippen LogP contribution >= 0.6 is 0 Å². The van der Waals surface area contributed by atoms with Crippen LogP contribution in [0.25, 0.3) is 0 Å². The number of methoxy groups -OCH3 is 1. The molecule has 5 nitrogen and oxygen atoms in total. The number of aliphatic carboxylic acids is 1. The zero-order valence-electron chi connectivity index (χ0n) is 9.42. The maximum Gasteiger partial charge on any atom is 0.303 e. The quantitative estimate of drug-likeness (QED) is 0.832. The van der Waals surface area contributed by atoms with Crippen molar-refractivity contribution in [3.8, 4) is 5.75 Å². The van der Waals surface area contributed by atoms with E-state index in [1.54, 1.807) is 12.1 Å². The van der Waals surface area contributed by atoms with Gasteiger partial charge in [-0.05, 0) is 24.6 Å². The highest BCUT2D eigenvalue weighted by atomic mass is 32.2. The highest BCUT2D eigenvalue weighted by molar-refractivity contribution is 7.91. The van der Waals surface area contributed by atoms with Gasteiger partial charge in [-0.2, -0.15) is 0 Å². The minimum Gasteiger partial charge on any atom is -0.497 e. The number of carboxylic acids is 1. The summed E-state index contributed by atoms with van der Waals surface area (Å²) in [5, 5.41) is 8.45. The van der Waals surface area contributed by atoms with Crippen LogP contribution in [0.4, 0.5) is 0 Å². The fourth-order valence-electron chi connectivity index (χ4n) is 1.33. The number of ether oxygens (including phenoxy) is 1. The monoisotopic (exact) mass is 258 g/mol. The first-order valence-electron chi connectivity index (χ1n) is 5.04. The average Bonchev–Trinajstić information content (AvgIpc) is 2.28. The van der Waals surface area contributed by atoms with E-state index in [2.05, 4.69) is 0 Å². The Hall–Kier alpha value is -1.56. The second-order valence-corrected chi connectivity index (χ2v) is 5.60. The molecule has 0 heterocycles. The molecular weight excluding hydrogens is 244 g/mol. The van der Waals surface area contributed by atoms with E-state index in [4.69, 9.17) is 9.84 Å². The Morgan fingerprint density at radius 2 is 2.12 bits per heavy atom. The van der Waals surface area contributed by atoms with Crippen molar-refractivity contribution in [1.82, 2.24) is 0 Å². The minimum atomic E-state index is -3.43. The lowest BCUT2D eigenvalue weighted by Crippen LogP contribution is -2.08. The van der Waals surface area contributed by atoms with Gasteiger partial charge in [0.25, 0.3) is 0 Å². The third kappa shape index (κ3) is 4.07. The summed E-state index contributed by atoms with van der Waals surface area (Å²) >= 11 is 0. The third-order valence-electron chi connectivity index (χ3n) is 2.20. The molecule has 0 saturated heterocycles. The summed E-state index contributed by atoms with van der Waals surface area (Å²) in [6.07, 6.45) is -0.0436. The van der Waals surface area contributed by atoms with Gasteiger partial charge in [-0.3, -0.25) is 4.79 Å². The maximum absolute atomic E-state index is 11.8. The van der Waals surface area contributed by atoms with E-state index in [1.165, 1.54) is 19.2 Å².